The van der Waals surface area contributed by atoms with Crippen molar-refractivity contribution in [3.05, 3.63) is 41.0 Å². The maximum absolute atomic E-state index is 13.7. The molecule has 2 heterocycles. The zero-order valence-electron chi connectivity index (χ0n) is 27.3. The molecule has 1 aliphatic heterocycles. The molecule has 14 heteroatoms. The van der Waals surface area contributed by atoms with E-state index in [-0.39, 0.29) is 45.2 Å². The number of amides is 3. The Balaban J connectivity index is 1.45. The molecular weight excluding hydrogens is 614 g/mol. The van der Waals surface area contributed by atoms with Gasteiger partial charge in [-0.25, -0.2) is 4.98 Å². The summed E-state index contributed by atoms with van der Waals surface area (Å²) in [5, 5.41) is 16.1. The van der Waals surface area contributed by atoms with Crippen molar-refractivity contribution in [1.82, 2.24) is 20.5 Å². The number of aliphatic hydroxyl groups excluding tert-OH is 1. The number of nitrogens with zero attached hydrogens (tertiary/aromatic N) is 2. The Kier molecular flexibility index (Phi) is 15.5. The van der Waals surface area contributed by atoms with Gasteiger partial charge in [0.05, 0.1) is 68.4 Å². The number of carbonyl (C=O) groups is 3. The summed E-state index contributed by atoms with van der Waals surface area (Å²) in [5.41, 5.74) is 9.42. The monoisotopic (exact) mass is 663 g/mol. The molecule has 0 spiro atoms. The molecule has 0 saturated carbocycles. The molecule has 0 bridgehead atoms. The third kappa shape index (κ3) is 12.0. The van der Waals surface area contributed by atoms with Crippen LogP contribution in [-0.4, -0.2) is 117 Å². The van der Waals surface area contributed by atoms with Crippen LogP contribution < -0.4 is 16.4 Å². The Bertz CT molecular complexity index is 1240. The number of rotatable bonds is 19. The van der Waals surface area contributed by atoms with E-state index < -0.39 is 35.4 Å². The predicted molar refractivity (Wildman–Crippen MR) is 174 cm³/mol. The van der Waals surface area contributed by atoms with E-state index in [9.17, 15) is 19.5 Å². The van der Waals surface area contributed by atoms with E-state index in [4.69, 9.17) is 24.7 Å². The second-order valence-electron chi connectivity index (χ2n) is 12.1. The van der Waals surface area contributed by atoms with Crippen LogP contribution in [0.1, 0.15) is 38.4 Å². The molecule has 0 radical (unpaired) electrons. The van der Waals surface area contributed by atoms with Gasteiger partial charge in [-0.2, -0.15) is 0 Å². The van der Waals surface area contributed by atoms with Crippen LogP contribution in [-0.2, 0) is 39.9 Å². The fraction of sp³-hybridized carbons (Fsp3) is 0.625. The van der Waals surface area contributed by atoms with E-state index >= 15 is 0 Å². The number of carbonyl (C=O) groups excluding carboxylic acids is 3. The number of benzene rings is 1. The van der Waals surface area contributed by atoms with Crippen LogP contribution in [0, 0.1) is 12.3 Å². The Labute approximate surface area is 275 Å². The van der Waals surface area contributed by atoms with Crippen molar-refractivity contribution in [3.8, 4) is 10.4 Å². The maximum Gasteiger partial charge on any atom is 0.246 e. The Morgan fingerprint density at radius 2 is 1.63 bits per heavy atom. The lowest BCUT2D eigenvalue weighted by Gasteiger charge is -2.35. The Hall–Kier alpha value is -2.98. The number of aromatic nitrogens is 1. The predicted octanol–water partition coefficient (Wildman–Crippen LogP) is 1.25. The minimum atomic E-state index is -0.936. The molecule has 3 amide bonds. The minimum Gasteiger partial charge on any atom is -0.391 e. The fourth-order valence-electron chi connectivity index (χ4n) is 4.89. The summed E-state index contributed by atoms with van der Waals surface area (Å²) in [6, 6.07) is 6.07. The van der Waals surface area contributed by atoms with Gasteiger partial charge in [-0.3, -0.25) is 14.4 Å². The van der Waals surface area contributed by atoms with Crippen molar-refractivity contribution in [2.45, 2.75) is 58.8 Å². The van der Waals surface area contributed by atoms with E-state index in [2.05, 4.69) is 15.6 Å². The molecule has 1 saturated heterocycles. The number of nitrogens with two attached hydrogens (primary N) is 1. The van der Waals surface area contributed by atoms with Crippen molar-refractivity contribution in [2.24, 2.45) is 11.1 Å². The molecule has 3 rings (SSSR count). The summed E-state index contributed by atoms with van der Waals surface area (Å²) < 4.78 is 21.5. The highest BCUT2D eigenvalue weighted by molar-refractivity contribution is 7.13. The number of thiazole rings is 1. The number of aliphatic hydroxyl groups is 1. The standard InChI is InChI=1S/C32H49N5O8S/c1-22-28(46-21-35-22)24-7-5-23(6-8-24)18-34-30(40)26-17-25(38)19-37(26)31(41)29(32(2,3)4)36-27(39)20-45-16-15-44-14-13-43-12-11-42-10-9-33/h5-8,21,25-26,29,38H,9-20,33H2,1-4H3,(H,34,40)(H,36,39)/t25-,26+,29-/m1/s1. The molecule has 3 atom stereocenters. The second kappa shape index (κ2) is 19.0. The number of aryl methyl sites for hydroxylation is 1. The van der Waals surface area contributed by atoms with E-state index in [0.717, 1.165) is 21.7 Å². The highest BCUT2D eigenvalue weighted by atomic mass is 32.1. The number of ether oxygens (including phenoxy) is 4. The summed E-state index contributed by atoms with van der Waals surface area (Å²) in [5.74, 6) is -1.26. The summed E-state index contributed by atoms with van der Waals surface area (Å²) in [4.78, 5) is 46.5. The highest BCUT2D eigenvalue weighted by Crippen LogP contribution is 2.28. The summed E-state index contributed by atoms with van der Waals surface area (Å²) in [7, 11) is 0. The lowest BCUT2D eigenvalue weighted by molar-refractivity contribution is -0.144. The zero-order valence-corrected chi connectivity index (χ0v) is 28.1. The third-order valence-electron chi connectivity index (χ3n) is 7.32. The molecule has 0 unspecified atom stereocenters. The summed E-state index contributed by atoms with van der Waals surface area (Å²) in [6.45, 7) is 10.6. The molecule has 13 nitrogen and oxygen atoms in total. The topological polar surface area (TPSA) is 175 Å². The SMILES string of the molecule is Cc1ncsc1-c1ccc(CNC(=O)[C@@H]2C[C@@H](O)CN2C(=O)[C@@H](NC(=O)COCCOCCOCCOCCN)C(C)(C)C)cc1. The number of β-amino-alcohol motifs (C(OH)–C–C–N with tert-alkyl or cyclic N) is 1. The highest BCUT2D eigenvalue weighted by Gasteiger charge is 2.44. The maximum atomic E-state index is 13.7. The van der Waals surface area contributed by atoms with Gasteiger partial charge < -0.3 is 45.3 Å². The van der Waals surface area contributed by atoms with Gasteiger partial charge in [-0.1, -0.05) is 45.0 Å². The first-order valence-corrected chi connectivity index (χ1v) is 16.4. The number of hydrogen-bond acceptors (Lipinski definition) is 11. The fourth-order valence-corrected chi connectivity index (χ4v) is 5.70. The average Bonchev–Trinajstić information content (AvgIpc) is 3.63. The molecule has 256 valence electrons. The number of likely N-dealkylation sites (tertiary alicyclic amines) is 1. The molecule has 0 aliphatic carbocycles. The van der Waals surface area contributed by atoms with Crippen molar-refractivity contribution >= 4 is 29.1 Å². The molecule has 1 fully saturated rings. The molecule has 2 aromatic rings. The normalized spacial score (nSPS) is 17.2. The van der Waals surface area contributed by atoms with E-state index in [0.29, 0.717) is 39.6 Å². The average molecular weight is 664 g/mol. The first-order chi connectivity index (χ1) is 22.0. The van der Waals surface area contributed by atoms with Gasteiger partial charge in [0.15, 0.2) is 0 Å². The Morgan fingerprint density at radius 1 is 1.02 bits per heavy atom. The van der Waals surface area contributed by atoms with E-state index in [1.54, 1.807) is 11.3 Å². The molecule has 46 heavy (non-hydrogen) atoms. The van der Waals surface area contributed by atoms with Gasteiger partial charge in [0.2, 0.25) is 17.7 Å². The third-order valence-corrected chi connectivity index (χ3v) is 8.30. The van der Waals surface area contributed by atoms with Crippen LogP contribution in [0.25, 0.3) is 10.4 Å². The first-order valence-electron chi connectivity index (χ1n) is 15.6. The molecule has 5 N–H and O–H groups in total. The van der Waals surface area contributed by atoms with Gasteiger partial charge in [0.25, 0.3) is 0 Å². The van der Waals surface area contributed by atoms with Crippen LogP contribution >= 0.6 is 11.3 Å². The minimum absolute atomic E-state index is 0.000541. The van der Waals surface area contributed by atoms with Crippen molar-refractivity contribution in [1.29, 1.82) is 0 Å². The summed E-state index contributed by atoms with van der Waals surface area (Å²) in [6.07, 6.45) is -0.737. The van der Waals surface area contributed by atoms with Crippen LogP contribution in [0.3, 0.4) is 0 Å². The molecular formula is C32H49N5O8S. The van der Waals surface area contributed by atoms with Crippen LogP contribution in [0.2, 0.25) is 0 Å². The lowest BCUT2D eigenvalue weighted by atomic mass is 9.85. The van der Waals surface area contributed by atoms with Crippen molar-refractivity contribution in [2.75, 3.05) is 65.9 Å². The zero-order chi connectivity index (χ0) is 33.5. The second-order valence-corrected chi connectivity index (χ2v) is 13.0. The molecule has 1 aromatic heterocycles. The van der Waals surface area contributed by atoms with Gasteiger partial charge in [-0.05, 0) is 23.5 Å². The van der Waals surface area contributed by atoms with E-state index in [1.807, 2.05) is 57.5 Å². The Morgan fingerprint density at radius 3 is 2.20 bits per heavy atom. The summed E-state index contributed by atoms with van der Waals surface area (Å²) >= 11 is 1.58. The van der Waals surface area contributed by atoms with Crippen molar-refractivity contribution in [3.63, 3.8) is 0 Å². The van der Waals surface area contributed by atoms with Crippen molar-refractivity contribution < 1.29 is 38.4 Å². The van der Waals surface area contributed by atoms with E-state index in [1.165, 1.54) is 4.90 Å². The van der Waals surface area contributed by atoms with Crippen LogP contribution in [0.5, 0.6) is 0 Å². The molecule has 1 aromatic carbocycles. The number of nitrogens with one attached hydrogen (secondary N) is 2. The largest absolute Gasteiger partial charge is 0.391 e. The number of hydrogen-bond donors (Lipinski definition) is 4. The smallest absolute Gasteiger partial charge is 0.246 e. The quantitative estimate of drug-likeness (QED) is 0.160. The lowest BCUT2D eigenvalue weighted by Crippen LogP contribution is -2.58. The van der Waals surface area contributed by atoms with Gasteiger partial charge >= 0.3 is 0 Å². The first kappa shape index (κ1) is 37.5. The molecule has 1 aliphatic rings. The van der Waals surface area contributed by atoms with Crippen LogP contribution in [0.15, 0.2) is 29.8 Å². The van der Waals surface area contributed by atoms with Gasteiger partial charge in [-0.15, -0.1) is 11.3 Å². The van der Waals surface area contributed by atoms with Gasteiger partial charge in [0.1, 0.15) is 18.7 Å². The van der Waals surface area contributed by atoms with Crippen LogP contribution in [0.4, 0.5) is 0 Å². The van der Waals surface area contributed by atoms with Gasteiger partial charge in [0, 0.05) is 26.1 Å².